The number of carbonyl (C=O) groups is 1. The highest BCUT2D eigenvalue weighted by Gasteiger charge is 2.27. The molecule has 1 saturated carbocycles. The molecule has 0 spiro atoms. The largest absolute Gasteiger partial charge is 0.375 e. The first-order valence-electron chi connectivity index (χ1n) is 8.29. The molecule has 1 heterocycles. The lowest BCUT2D eigenvalue weighted by Gasteiger charge is -2.35. The van der Waals surface area contributed by atoms with E-state index < -0.39 is 0 Å². The lowest BCUT2D eigenvalue weighted by atomic mass is 9.85. The number of morpholine rings is 1. The SMILES string of the molecule is O=C(c1ccccc1)N1CCO[C@@H](CC2CCCCC2)C1. The van der Waals surface area contributed by atoms with Crippen LogP contribution in [0.2, 0.25) is 0 Å². The van der Waals surface area contributed by atoms with Crippen molar-refractivity contribution in [2.75, 3.05) is 19.7 Å². The molecule has 1 aromatic rings. The first-order chi connectivity index (χ1) is 10.3. The third-order valence-corrected chi connectivity index (χ3v) is 4.77. The molecule has 114 valence electrons. The summed E-state index contributed by atoms with van der Waals surface area (Å²) in [6.07, 6.45) is 8.15. The summed E-state index contributed by atoms with van der Waals surface area (Å²) < 4.78 is 5.90. The molecule has 1 atom stereocenters. The molecule has 0 unspecified atom stereocenters. The molecule has 1 saturated heterocycles. The Morgan fingerprint density at radius 1 is 1.14 bits per heavy atom. The van der Waals surface area contributed by atoms with E-state index in [2.05, 4.69) is 0 Å². The zero-order chi connectivity index (χ0) is 14.5. The highest BCUT2D eigenvalue weighted by Crippen LogP contribution is 2.29. The topological polar surface area (TPSA) is 29.5 Å². The van der Waals surface area contributed by atoms with E-state index in [9.17, 15) is 4.79 Å². The van der Waals surface area contributed by atoms with Crippen molar-refractivity contribution in [3.05, 3.63) is 35.9 Å². The highest BCUT2D eigenvalue weighted by atomic mass is 16.5. The van der Waals surface area contributed by atoms with Crippen LogP contribution in [0.15, 0.2) is 30.3 Å². The second kappa shape index (κ2) is 7.08. The molecule has 2 fully saturated rings. The van der Waals surface area contributed by atoms with Crippen LogP contribution in [-0.2, 0) is 4.74 Å². The van der Waals surface area contributed by atoms with Crippen LogP contribution in [0.4, 0.5) is 0 Å². The van der Waals surface area contributed by atoms with Crippen molar-refractivity contribution in [1.82, 2.24) is 4.90 Å². The minimum absolute atomic E-state index is 0.146. The Balaban J connectivity index is 1.56. The second-order valence-corrected chi connectivity index (χ2v) is 6.35. The average Bonchev–Trinajstić information content (AvgIpc) is 2.56. The Labute approximate surface area is 127 Å². The zero-order valence-corrected chi connectivity index (χ0v) is 12.7. The van der Waals surface area contributed by atoms with Gasteiger partial charge in [0.1, 0.15) is 0 Å². The Morgan fingerprint density at radius 3 is 2.67 bits per heavy atom. The van der Waals surface area contributed by atoms with Gasteiger partial charge in [-0.3, -0.25) is 4.79 Å². The Kier molecular flexibility index (Phi) is 4.91. The zero-order valence-electron chi connectivity index (χ0n) is 12.7. The molecule has 0 N–H and O–H groups in total. The van der Waals surface area contributed by atoms with Gasteiger partial charge in [0, 0.05) is 18.7 Å². The summed E-state index contributed by atoms with van der Waals surface area (Å²) in [6.45, 7) is 2.15. The van der Waals surface area contributed by atoms with Crippen LogP contribution < -0.4 is 0 Å². The van der Waals surface area contributed by atoms with Crippen LogP contribution in [0.25, 0.3) is 0 Å². The molecule has 0 aromatic heterocycles. The summed E-state index contributed by atoms with van der Waals surface area (Å²) in [6, 6.07) is 9.59. The molecule has 0 bridgehead atoms. The van der Waals surface area contributed by atoms with Gasteiger partial charge in [-0.1, -0.05) is 50.3 Å². The summed E-state index contributed by atoms with van der Waals surface area (Å²) in [5.41, 5.74) is 0.788. The molecular formula is C18H25NO2. The third-order valence-electron chi connectivity index (χ3n) is 4.77. The molecule has 3 nitrogen and oxygen atoms in total. The van der Waals surface area contributed by atoms with Gasteiger partial charge >= 0.3 is 0 Å². The summed E-state index contributed by atoms with van der Waals surface area (Å²) in [7, 11) is 0. The van der Waals surface area contributed by atoms with Crippen molar-refractivity contribution in [3.8, 4) is 0 Å². The Hall–Kier alpha value is -1.35. The Morgan fingerprint density at radius 2 is 1.90 bits per heavy atom. The van der Waals surface area contributed by atoms with Gasteiger partial charge in [-0.15, -0.1) is 0 Å². The molecule has 3 heteroatoms. The van der Waals surface area contributed by atoms with Crippen molar-refractivity contribution < 1.29 is 9.53 Å². The molecule has 2 aliphatic rings. The first-order valence-corrected chi connectivity index (χ1v) is 8.29. The van der Waals surface area contributed by atoms with Crippen LogP contribution in [-0.4, -0.2) is 36.6 Å². The number of rotatable bonds is 3. The fourth-order valence-corrected chi connectivity index (χ4v) is 3.60. The quantitative estimate of drug-likeness (QED) is 0.851. The summed E-state index contributed by atoms with van der Waals surface area (Å²) in [5, 5.41) is 0. The van der Waals surface area contributed by atoms with Crippen molar-refractivity contribution in [3.63, 3.8) is 0 Å². The maximum absolute atomic E-state index is 12.5. The number of hydrogen-bond donors (Lipinski definition) is 0. The van der Waals surface area contributed by atoms with Crippen molar-refractivity contribution in [2.24, 2.45) is 5.92 Å². The van der Waals surface area contributed by atoms with Gasteiger partial charge in [0.15, 0.2) is 0 Å². The van der Waals surface area contributed by atoms with E-state index >= 15 is 0 Å². The van der Waals surface area contributed by atoms with E-state index in [-0.39, 0.29) is 12.0 Å². The van der Waals surface area contributed by atoms with Crippen LogP contribution >= 0.6 is 0 Å². The lowest BCUT2D eigenvalue weighted by Crippen LogP contribution is -2.46. The van der Waals surface area contributed by atoms with Gasteiger partial charge in [0.2, 0.25) is 0 Å². The van der Waals surface area contributed by atoms with Crippen LogP contribution in [0, 0.1) is 5.92 Å². The maximum Gasteiger partial charge on any atom is 0.254 e. The maximum atomic E-state index is 12.5. The predicted molar refractivity (Wildman–Crippen MR) is 83.3 cm³/mol. The number of amides is 1. The fraction of sp³-hybridized carbons (Fsp3) is 0.611. The minimum atomic E-state index is 0.146. The van der Waals surface area contributed by atoms with E-state index in [1.54, 1.807) is 0 Å². The summed E-state index contributed by atoms with van der Waals surface area (Å²) >= 11 is 0. The number of carbonyl (C=O) groups excluding carboxylic acids is 1. The highest BCUT2D eigenvalue weighted by molar-refractivity contribution is 5.94. The monoisotopic (exact) mass is 287 g/mol. The van der Waals surface area contributed by atoms with Crippen LogP contribution in [0.1, 0.15) is 48.9 Å². The lowest BCUT2D eigenvalue weighted by molar-refractivity contribution is -0.0337. The first kappa shape index (κ1) is 14.6. The molecule has 21 heavy (non-hydrogen) atoms. The standard InChI is InChI=1S/C18H25NO2/c20-18(16-9-5-2-6-10-16)19-11-12-21-17(14-19)13-15-7-3-1-4-8-15/h2,5-6,9-10,15,17H,1,3-4,7-8,11-14H2/t17-/m0/s1. The van der Waals surface area contributed by atoms with Gasteiger partial charge in [0.05, 0.1) is 12.7 Å². The minimum Gasteiger partial charge on any atom is -0.375 e. The van der Waals surface area contributed by atoms with Gasteiger partial charge in [-0.05, 0) is 24.5 Å². The molecule has 1 aliphatic heterocycles. The summed E-state index contributed by atoms with van der Waals surface area (Å²) in [4.78, 5) is 14.5. The second-order valence-electron chi connectivity index (χ2n) is 6.35. The van der Waals surface area contributed by atoms with E-state index in [0.29, 0.717) is 6.61 Å². The normalized spacial score (nSPS) is 24.0. The Bertz CT molecular complexity index is 454. The van der Waals surface area contributed by atoms with Crippen molar-refractivity contribution in [2.45, 2.75) is 44.6 Å². The number of nitrogens with zero attached hydrogens (tertiary/aromatic N) is 1. The van der Waals surface area contributed by atoms with E-state index in [1.165, 1.54) is 32.1 Å². The third kappa shape index (κ3) is 3.85. The van der Waals surface area contributed by atoms with Gasteiger partial charge in [-0.25, -0.2) is 0 Å². The van der Waals surface area contributed by atoms with Crippen LogP contribution in [0.3, 0.4) is 0 Å². The average molecular weight is 287 g/mol. The molecule has 3 rings (SSSR count). The van der Waals surface area contributed by atoms with E-state index in [0.717, 1.165) is 31.0 Å². The van der Waals surface area contributed by atoms with Crippen molar-refractivity contribution in [1.29, 1.82) is 0 Å². The van der Waals surface area contributed by atoms with Gasteiger partial charge in [0.25, 0.3) is 5.91 Å². The van der Waals surface area contributed by atoms with Gasteiger partial charge in [-0.2, -0.15) is 0 Å². The number of benzene rings is 1. The van der Waals surface area contributed by atoms with E-state index in [1.807, 2.05) is 35.2 Å². The molecule has 1 aromatic carbocycles. The predicted octanol–water partition coefficient (Wildman–Crippen LogP) is 3.50. The van der Waals surface area contributed by atoms with Gasteiger partial charge < -0.3 is 9.64 Å². The molecule has 1 amide bonds. The smallest absolute Gasteiger partial charge is 0.254 e. The number of hydrogen-bond acceptors (Lipinski definition) is 2. The molecular weight excluding hydrogens is 262 g/mol. The number of ether oxygens (including phenoxy) is 1. The summed E-state index contributed by atoms with van der Waals surface area (Å²) in [5.74, 6) is 0.947. The van der Waals surface area contributed by atoms with Crippen molar-refractivity contribution >= 4 is 5.91 Å². The molecule has 0 radical (unpaired) electrons. The van der Waals surface area contributed by atoms with Crippen LogP contribution in [0.5, 0.6) is 0 Å². The molecule has 1 aliphatic carbocycles. The van der Waals surface area contributed by atoms with E-state index in [4.69, 9.17) is 4.74 Å². The fourth-order valence-electron chi connectivity index (χ4n) is 3.60.